The van der Waals surface area contributed by atoms with Crippen molar-refractivity contribution in [3.05, 3.63) is 23.9 Å². The fourth-order valence-electron chi connectivity index (χ4n) is 3.65. The molecular weight excluding hydrogens is 248 g/mol. The highest BCUT2D eigenvalue weighted by Crippen LogP contribution is 2.30. The number of piperidine rings is 1. The average Bonchev–Trinajstić information content (AvgIpc) is 2.46. The highest BCUT2D eigenvalue weighted by Gasteiger charge is 2.34. The highest BCUT2D eigenvalue weighted by atomic mass is 15.3. The molecule has 0 amide bonds. The van der Waals surface area contributed by atoms with Gasteiger partial charge in [0.15, 0.2) is 0 Å². The number of fused-ring (bicyclic) bond motifs is 1. The zero-order chi connectivity index (χ0) is 14.1. The number of pyridine rings is 1. The van der Waals surface area contributed by atoms with Crippen LogP contribution in [-0.4, -0.2) is 41.6 Å². The van der Waals surface area contributed by atoms with Gasteiger partial charge in [-0.2, -0.15) is 0 Å². The molecule has 1 aromatic heterocycles. The van der Waals surface area contributed by atoms with E-state index in [0.29, 0.717) is 12.1 Å². The first-order valence-corrected chi connectivity index (χ1v) is 7.88. The van der Waals surface area contributed by atoms with Crippen molar-refractivity contribution in [2.24, 2.45) is 5.73 Å². The Balaban J connectivity index is 1.86. The van der Waals surface area contributed by atoms with Gasteiger partial charge in [0.2, 0.25) is 0 Å². The first-order chi connectivity index (χ1) is 9.66. The van der Waals surface area contributed by atoms with Crippen LogP contribution in [0.4, 0.5) is 5.82 Å². The van der Waals surface area contributed by atoms with Gasteiger partial charge in [0, 0.05) is 43.0 Å². The summed E-state index contributed by atoms with van der Waals surface area (Å²) >= 11 is 0. The van der Waals surface area contributed by atoms with Crippen LogP contribution in [0.25, 0.3) is 0 Å². The molecule has 20 heavy (non-hydrogen) atoms. The van der Waals surface area contributed by atoms with E-state index in [4.69, 9.17) is 5.73 Å². The number of piperazine rings is 1. The molecule has 0 spiro atoms. The van der Waals surface area contributed by atoms with Crippen LogP contribution >= 0.6 is 0 Å². The minimum absolute atomic E-state index is 0.0373. The lowest BCUT2D eigenvalue weighted by Gasteiger charge is -2.48. The molecule has 3 rings (SSSR count). The number of hydrogen-bond donors (Lipinski definition) is 1. The Hall–Kier alpha value is -1.13. The second-order valence-corrected chi connectivity index (χ2v) is 6.35. The predicted molar refractivity (Wildman–Crippen MR) is 82.9 cm³/mol. The van der Waals surface area contributed by atoms with Gasteiger partial charge >= 0.3 is 0 Å². The molecule has 4 nitrogen and oxygen atoms in total. The number of nitrogens with two attached hydrogens (primary N) is 1. The molecule has 0 saturated carbocycles. The van der Waals surface area contributed by atoms with Crippen molar-refractivity contribution in [2.45, 2.75) is 51.2 Å². The minimum atomic E-state index is 0.0373. The fraction of sp³-hybridized carbons (Fsp3) is 0.688. The summed E-state index contributed by atoms with van der Waals surface area (Å²) in [6.07, 6.45) is 5.94. The predicted octanol–water partition coefficient (Wildman–Crippen LogP) is 2.16. The highest BCUT2D eigenvalue weighted by molar-refractivity contribution is 5.50. The average molecular weight is 274 g/mol. The fourth-order valence-corrected chi connectivity index (χ4v) is 3.65. The SMILES string of the molecule is CC1CN2CCCCC2CN1c1ncccc1[C@H](C)N. The Labute approximate surface area is 122 Å². The van der Waals surface area contributed by atoms with Gasteiger partial charge in [-0.25, -0.2) is 4.98 Å². The van der Waals surface area contributed by atoms with E-state index in [0.717, 1.165) is 18.9 Å². The van der Waals surface area contributed by atoms with E-state index in [1.165, 1.54) is 31.4 Å². The zero-order valence-electron chi connectivity index (χ0n) is 12.6. The number of anilines is 1. The van der Waals surface area contributed by atoms with Crippen LogP contribution < -0.4 is 10.6 Å². The summed E-state index contributed by atoms with van der Waals surface area (Å²) < 4.78 is 0. The monoisotopic (exact) mass is 274 g/mol. The van der Waals surface area contributed by atoms with Gasteiger partial charge in [0.05, 0.1) is 0 Å². The smallest absolute Gasteiger partial charge is 0.133 e. The van der Waals surface area contributed by atoms with E-state index in [1.54, 1.807) is 0 Å². The van der Waals surface area contributed by atoms with Crippen molar-refractivity contribution in [1.82, 2.24) is 9.88 Å². The van der Waals surface area contributed by atoms with Gasteiger partial charge in [-0.15, -0.1) is 0 Å². The Morgan fingerprint density at radius 3 is 3.00 bits per heavy atom. The lowest BCUT2D eigenvalue weighted by molar-refractivity contribution is 0.115. The molecule has 2 fully saturated rings. The maximum absolute atomic E-state index is 6.12. The molecule has 3 heterocycles. The molecular formula is C16H26N4. The summed E-state index contributed by atoms with van der Waals surface area (Å²) in [7, 11) is 0. The second kappa shape index (κ2) is 5.70. The van der Waals surface area contributed by atoms with E-state index in [1.807, 2.05) is 19.2 Å². The standard InChI is InChI=1S/C16H26N4/c1-12-10-19-9-4-3-6-14(19)11-20(12)16-15(13(2)17)7-5-8-18-16/h5,7-8,12-14H,3-4,6,9-11,17H2,1-2H3/t12?,13-,14?/m0/s1. The van der Waals surface area contributed by atoms with Gasteiger partial charge in [0.1, 0.15) is 5.82 Å². The topological polar surface area (TPSA) is 45.4 Å². The zero-order valence-corrected chi connectivity index (χ0v) is 12.6. The molecule has 2 N–H and O–H groups in total. The van der Waals surface area contributed by atoms with Crippen LogP contribution in [0.5, 0.6) is 0 Å². The lowest BCUT2D eigenvalue weighted by atomic mass is 9.96. The maximum atomic E-state index is 6.12. The van der Waals surface area contributed by atoms with E-state index < -0.39 is 0 Å². The van der Waals surface area contributed by atoms with Crippen LogP contribution in [0.3, 0.4) is 0 Å². The lowest BCUT2D eigenvalue weighted by Crippen LogP contribution is -2.59. The van der Waals surface area contributed by atoms with E-state index in [-0.39, 0.29) is 6.04 Å². The van der Waals surface area contributed by atoms with Crippen molar-refractivity contribution in [2.75, 3.05) is 24.5 Å². The van der Waals surface area contributed by atoms with Crippen molar-refractivity contribution in [1.29, 1.82) is 0 Å². The van der Waals surface area contributed by atoms with Crippen LogP contribution in [0.15, 0.2) is 18.3 Å². The maximum Gasteiger partial charge on any atom is 0.133 e. The minimum Gasteiger partial charge on any atom is -0.351 e. The molecule has 110 valence electrons. The molecule has 0 aromatic carbocycles. The van der Waals surface area contributed by atoms with E-state index in [9.17, 15) is 0 Å². The molecule has 0 bridgehead atoms. The molecule has 1 aromatic rings. The first kappa shape index (κ1) is 13.8. The number of nitrogens with zero attached hydrogens (tertiary/aromatic N) is 3. The molecule has 4 heteroatoms. The molecule has 0 radical (unpaired) electrons. The van der Waals surface area contributed by atoms with Crippen LogP contribution in [0, 0.1) is 0 Å². The van der Waals surface area contributed by atoms with Gasteiger partial charge < -0.3 is 10.6 Å². The van der Waals surface area contributed by atoms with Crippen molar-refractivity contribution < 1.29 is 0 Å². The van der Waals surface area contributed by atoms with E-state index >= 15 is 0 Å². The quantitative estimate of drug-likeness (QED) is 0.897. The van der Waals surface area contributed by atoms with Crippen LogP contribution in [0.1, 0.15) is 44.7 Å². The van der Waals surface area contributed by atoms with Crippen molar-refractivity contribution >= 4 is 5.82 Å². The Morgan fingerprint density at radius 1 is 1.35 bits per heavy atom. The second-order valence-electron chi connectivity index (χ2n) is 6.35. The molecule has 2 aliphatic rings. The van der Waals surface area contributed by atoms with E-state index in [2.05, 4.69) is 27.8 Å². The normalized spacial score (nSPS) is 29.1. The number of rotatable bonds is 2. The molecule has 3 atom stereocenters. The number of aromatic nitrogens is 1. The number of hydrogen-bond acceptors (Lipinski definition) is 4. The van der Waals surface area contributed by atoms with Gasteiger partial charge in [-0.3, -0.25) is 4.90 Å². The first-order valence-electron chi connectivity index (χ1n) is 7.88. The summed E-state index contributed by atoms with van der Waals surface area (Å²) in [6, 6.07) is 5.35. The summed E-state index contributed by atoms with van der Waals surface area (Å²) in [4.78, 5) is 9.78. The summed E-state index contributed by atoms with van der Waals surface area (Å²) in [6.45, 7) is 7.87. The van der Waals surface area contributed by atoms with Crippen LogP contribution in [-0.2, 0) is 0 Å². The largest absolute Gasteiger partial charge is 0.351 e. The van der Waals surface area contributed by atoms with Crippen LogP contribution in [0.2, 0.25) is 0 Å². The van der Waals surface area contributed by atoms with Gasteiger partial charge in [0.25, 0.3) is 0 Å². The molecule has 2 saturated heterocycles. The summed E-state index contributed by atoms with van der Waals surface area (Å²) in [5, 5.41) is 0. The summed E-state index contributed by atoms with van der Waals surface area (Å²) in [5.41, 5.74) is 7.29. The molecule has 0 aliphatic carbocycles. The van der Waals surface area contributed by atoms with Gasteiger partial charge in [-0.05, 0) is 39.3 Å². The third-order valence-corrected chi connectivity index (χ3v) is 4.77. The third kappa shape index (κ3) is 2.54. The molecule has 2 aliphatic heterocycles. The molecule has 2 unspecified atom stereocenters. The Kier molecular flexibility index (Phi) is 3.94. The Morgan fingerprint density at radius 2 is 2.20 bits per heavy atom. The van der Waals surface area contributed by atoms with Crippen molar-refractivity contribution in [3.63, 3.8) is 0 Å². The third-order valence-electron chi connectivity index (χ3n) is 4.77. The summed E-state index contributed by atoms with van der Waals surface area (Å²) in [5.74, 6) is 1.10. The van der Waals surface area contributed by atoms with Crippen molar-refractivity contribution in [3.8, 4) is 0 Å². The Bertz CT molecular complexity index is 460. The van der Waals surface area contributed by atoms with Gasteiger partial charge in [-0.1, -0.05) is 12.5 Å².